The highest BCUT2D eigenvalue weighted by molar-refractivity contribution is 9.10. The lowest BCUT2D eigenvalue weighted by molar-refractivity contribution is 0.218. The first-order valence-electron chi connectivity index (χ1n) is 4.04. The minimum Gasteiger partial charge on any atom is -0.395 e. The van der Waals surface area contributed by atoms with E-state index in [0.29, 0.717) is 4.47 Å². The van der Waals surface area contributed by atoms with Crippen molar-refractivity contribution in [1.29, 1.82) is 0 Å². The number of aliphatic hydroxyl groups excluding tert-OH is 1. The van der Waals surface area contributed by atoms with Crippen molar-refractivity contribution in [1.82, 2.24) is 0 Å². The number of halogens is 2. The maximum Gasteiger partial charge on any atom is 0.137 e. The van der Waals surface area contributed by atoms with Crippen LogP contribution >= 0.6 is 15.9 Å². The fraction of sp³-hybridized carbons (Fsp3) is 0.400. The second-order valence-electron chi connectivity index (χ2n) is 3.67. The Balaban J connectivity index is 3.10. The number of hydrogen-bond acceptors (Lipinski definition) is 1. The minimum atomic E-state index is -0.323. The van der Waals surface area contributed by atoms with E-state index in [1.54, 1.807) is 12.1 Å². The molecule has 0 saturated carbocycles. The fourth-order valence-electron chi connectivity index (χ4n) is 1.01. The Morgan fingerprint density at radius 1 is 1.46 bits per heavy atom. The van der Waals surface area contributed by atoms with Gasteiger partial charge in [0.1, 0.15) is 5.82 Å². The van der Waals surface area contributed by atoms with Gasteiger partial charge in [-0.3, -0.25) is 0 Å². The van der Waals surface area contributed by atoms with E-state index in [0.717, 1.165) is 5.56 Å². The van der Waals surface area contributed by atoms with Gasteiger partial charge in [0.15, 0.2) is 0 Å². The second kappa shape index (κ2) is 3.76. The molecule has 1 aromatic carbocycles. The Kier molecular flexibility index (Phi) is 3.09. The summed E-state index contributed by atoms with van der Waals surface area (Å²) in [5.74, 6) is -0.280. The van der Waals surface area contributed by atoms with Crippen molar-refractivity contribution < 1.29 is 9.50 Å². The maximum absolute atomic E-state index is 12.9. The third-order valence-electron chi connectivity index (χ3n) is 2.10. The zero-order chi connectivity index (χ0) is 10.1. The van der Waals surface area contributed by atoms with Crippen LogP contribution in [0.5, 0.6) is 0 Å². The van der Waals surface area contributed by atoms with Crippen molar-refractivity contribution in [3.63, 3.8) is 0 Å². The molecule has 72 valence electrons. The summed E-state index contributed by atoms with van der Waals surface area (Å²) >= 11 is 3.11. The van der Waals surface area contributed by atoms with Gasteiger partial charge >= 0.3 is 0 Å². The van der Waals surface area contributed by atoms with Crippen molar-refractivity contribution in [2.45, 2.75) is 19.3 Å². The zero-order valence-electron chi connectivity index (χ0n) is 7.64. The zero-order valence-corrected chi connectivity index (χ0v) is 9.23. The molecule has 0 atom stereocenters. The van der Waals surface area contributed by atoms with Gasteiger partial charge in [-0.25, -0.2) is 4.39 Å². The van der Waals surface area contributed by atoms with Gasteiger partial charge in [-0.15, -0.1) is 0 Å². The van der Waals surface area contributed by atoms with E-state index in [2.05, 4.69) is 15.9 Å². The van der Waals surface area contributed by atoms with E-state index in [-0.39, 0.29) is 17.8 Å². The Hall–Kier alpha value is -0.410. The van der Waals surface area contributed by atoms with Gasteiger partial charge in [-0.2, -0.15) is 0 Å². The molecule has 1 N–H and O–H groups in total. The highest BCUT2D eigenvalue weighted by atomic mass is 79.9. The summed E-state index contributed by atoms with van der Waals surface area (Å²) in [4.78, 5) is 0. The quantitative estimate of drug-likeness (QED) is 0.851. The summed E-state index contributed by atoms with van der Waals surface area (Å²) in [6.45, 7) is 3.87. The minimum absolute atomic E-state index is 0.0467. The average Bonchev–Trinajstić information content (AvgIpc) is 2.09. The van der Waals surface area contributed by atoms with Crippen LogP contribution in [0.15, 0.2) is 22.7 Å². The predicted molar refractivity (Wildman–Crippen MR) is 54.2 cm³/mol. The van der Waals surface area contributed by atoms with Crippen LogP contribution in [0.3, 0.4) is 0 Å². The van der Waals surface area contributed by atoms with Crippen LogP contribution in [0.1, 0.15) is 19.4 Å². The highest BCUT2D eigenvalue weighted by Gasteiger charge is 2.19. The molecule has 0 heterocycles. The molecule has 0 radical (unpaired) electrons. The van der Waals surface area contributed by atoms with E-state index in [9.17, 15) is 4.39 Å². The number of rotatable bonds is 2. The normalized spacial score (nSPS) is 11.8. The van der Waals surface area contributed by atoms with Gasteiger partial charge in [-0.1, -0.05) is 19.9 Å². The molecule has 0 saturated heterocycles. The Labute approximate surface area is 85.7 Å². The van der Waals surface area contributed by atoms with E-state index in [1.807, 2.05) is 13.8 Å². The van der Waals surface area contributed by atoms with Crippen LogP contribution in [0.2, 0.25) is 0 Å². The third-order valence-corrected chi connectivity index (χ3v) is 2.70. The van der Waals surface area contributed by atoms with E-state index in [4.69, 9.17) is 5.11 Å². The molecule has 3 heteroatoms. The van der Waals surface area contributed by atoms with Crippen molar-refractivity contribution in [3.8, 4) is 0 Å². The summed E-state index contributed by atoms with van der Waals surface area (Å²) < 4.78 is 13.3. The van der Waals surface area contributed by atoms with Crippen LogP contribution < -0.4 is 0 Å². The van der Waals surface area contributed by atoms with Crippen LogP contribution in [0, 0.1) is 5.82 Å². The monoisotopic (exact) mass is 246 g/mol. The number of aliphatic hydroxyl groups is 1. The van der Waals surface area contributed by atoms with Gasteiger partial charge in [0.2, 0.25) is 0 Å². The molecular weight excluding hydrogens is 235 g/mol. The molecule has 1 aromatic rings. The van der Waals surface area contributed by atoms with E-state index >= 15 is 0 Å². The topological polar surface area (TPSA) is 20.2 Å². The lowest BCUT2D eigenvalue weighted by atomic mass is 9.86. The summed E-state index contributed by atoms with van der Waals surface area (Å²) in [7, 11) is 0. The molecule has 0 aliphatic carbocycles. The van der Waals surface area contributed by atoms with E-state index in [1.165, 1.54) is 6.07 Å². The molecule has 0 bridgehead atoms. The van der Waals surface area contributed by atoms with Crippen LogP contribution in [-0.2, 0) is 5.41 Å². The standard InChI is InChI=1S/C10H12BrFO/c1-10(2,6-13)7-3-4-9(12)8(11)5-7/h3-5,13H,6H2,1-2H3. The largest absolute Gasteiger partial charge is 0.395 e. The first-order chi connectivity index (χ1) is 5.97. The summed E-state index contributed by atoms with van der Waals surface area (Å²) in [6, 6.07) is 4.79. The molecule has 0 spiro atoms. The molecule has 0 aliphatic heterocycles. The van der Waals surface area contributed by atoms with E-state index < -0.39 is 0 Å². The van der Waals surface area contributed by atoms with Gasteiger partial charge in [0, 0.05) is 5.41 Å². The lowest BCUT2D eigenvalue weighted by Gasteiger charge is -2.22. The smallest absolute Gasteiger partial charge is 0.137 e. The molecule has 1 nitrogen and oxygen atoms in total. The molecule has 0 amide bonds. The average molecular weight is 247 g/mol. The van der Waals surface area contributed by atoms with Gasteiger partial charge in [0.05, 0.1) is 11.1 Å². The summed E-state index contributed by atoms with van der Waals surface area (Å²) in [5, 5.41) is 9.10. The van der Waals surface area contributed by atoms with Gasteiger partial charge in [-0.05, 0) is 33.6 Å². The predicted octanol–water partition coefficient (Wildman–Crippen LogP) is 2.86. The third kappa shape index (κ3) is 2.29. The molecule has 0 aliphatic rings. The molecule has 13 heavy (non-hydrogen) atoms. The van der Waals surface area contributed by atoms with Gasteiger partial charge < -0.3 is 5.11 Å². The SMILES string of the molecule is CC(C)(CO)c1ccc(F)c(Br)c1. The van der Waals surface area contributed by atoms with Crippen molar-refractivity contribution in [2.75, 3.05) is 6.61 Å². The van der Waals surface area contributed by atoms with Crippen LogP contribution in [0.25, 0.3) is 0 Å². The van der Waals surface area contributed by atoms with Crippen molar-refractivity contribution in [3.05, 3.63) is 34.1 Å². The number of benzene rings is 1. The fourth-order valence-corrected chi connectivity index (χ4v) is 1.39. The molecule has 1 rings (SSSR count). The Bertz CT molecular complexity index is 310. The lowest BCUT2D eigenvalue weighted by Crippen LogP contribution is -2.21. The van der Waals surface area contributed by atoms with Crippen LogP contribution in [-0.4, -0.2) is 11.7 Å². The van der Waals surface area contributed by atoms with Crippen molar-refractivity contribution >= 4 is 15.9 Å². The van der Waals surface area contributed by atoms with Crippen molar-refractivity contribution in [2.24, 2.45) is 0 Å². The second-order valence-corrected chi connectivity index (χ2v) is 4.53. The summed E-state index contributed by atoms with van der Waals surface area (Å²) in [6.07, 6.45) is 0. The number of hydrogen-bond donors (Lipinski definition) is 1. The Morgan fingerprint density at radius 3 is 2.54 bits per heavy atom. The van der Waals surface area contributed by atoms with Gasteiger partial charge in [0.25, 0.3) is 0 Å². The summed E-state index contributed by atoms with van der Waals surface area (Å²) in [5.41, 5.74) is 0.597. The molecule has 0 unspecified atom stereocenters. The first kappa shape index (κ1) is 10.7. The molecular formula is C10H12BrFO. The van der Waals surface area contributed by atoms with Crippen LogP contribution in [0.4, 0.5) is 4.39 Å². The highest BCUT2D eigenvalue weighted by Crippen LogP contribution is 2.26. The molecule has 0 aromatic heterocycles. The molecule has 0 fully saturated rings. The Morgan fingerprint density at radius 2 is 2.08 bits per heavy atom. The first-order valence-corrected chi connectivity index (χ1v) is 4.83. The maximum atomic E-state index is 12.9.